The van der Waals surface area contributed by atoms with Crippen molar-refractivity contribution < 1.29 is 18.3 Å². The van der Waals surface area contributed by atoms with Gasteiger partial charge >= 0.3 is 323 Å². The van der Waals surface area contributed by atoms with Crippen LogP contribution in [0, 0.1) is 13.8 Å². The van der Waals surface area contributed by atoms with E-state index in [0.29, 0.717) is 0 Å². The van der Waals surface area contributed by atoms with E-state index in [2.05, 4.69) is 165 Å². The average Bonchev–Trinajstić information content (AvgIpc) is 3.74. The summed E-state index contributed by atoms with van der Waals surface area (Å²) in [7, 11) is 0. The van der Waals surface area contributed by atoms with E-state index in [1.807, 2.05) is 0 Å². The van der Waals surface area contributed by atoms with Crippen LogP contribution in [0.3, 0.4) is 0 Å². The third kappa shape index (κ3) is 5.99. The Balaban J connectivity index is 0.00000249. The number of hydrogen-bond acceptors (Lipinski definition) is 0. The molecule has 0 atom stereocenters. The van der Waals surface area contributed by atoms with Crippen LogP contribution in [0.25, 0.3) is 32.7 Å². The summed E-state index contributed by atoms with van der Waals surface area (Å²) in [6, 6.07) is 33.9. The van der Waals surface area contributed by atoms with Gasteiger partial charge in [-0.3, -0.25) is 0 Å². The second-order valence-electron chi connectivity index (χ2n) is 17.6. The molecule has 0 radical (unpaired) electrons. The van der Waals surface area contributed by atoms with Gasteiger partial charge in [-0.05, 0) is 0 Å². The van der Waals surface area contributed by atoms with Gasteiger partial charge in [0.25, 0.3) is 0 Å². The van der Waals surface area contributed by atoms with Crippen molar-refractivity contribution in [2.24, 2.45) is 0 Å². The molecular weight excluding hydrogens is 822 g/mol. The number of aryl methyl sites for hydroxylation is 1. The first-order valence-corrected chi connectivity index (χ1v) is 26.0. The molecule has 0 amide bonds. The van der Waals surface area contributed by atoms with Gasteiger partial charge in [-0.15, -0.1) is 24.8 Å². The van der Waals surface area contributed by atoms with Crippen LogP contribution >= 0.6 is 48.0 Å². The molecule has 278 valence electrons. The summed E-state index contributed by atoms with van der Waals surface area (Å²) in [6.07, 6.45) is 8.69. The van der Waals surface area contributed by atoms with Crippen LogP contribution in [0.4, 0.5) is 0 Å². The fourth-order valence-corrected chi connectivity index (χ4v) is 29.1. The molecular formula is C49H50Cl4Zr. The zero-order valence-corrected chi connectivity index (χ0v) is 38.2. The molecule has 0 nitrogen and oxygen atoms in total. The normalized spacial score (nSPS) is 14.1. The Kier molecular flexibility index (Phi) is 10.6. The van der Waals surface area contributed by atoms with Crippen molar-refractivity contribution >= 4 is 83.6 Å². The van der Waals surface area contributed by atoms with Crippen LogP contribution in [0.1, 0.15) is 81.3 Å². The van der Waals surface area contributed by atoms with Crippen LogP contribution in [0.15, 0.2) is 113 Å². The average molecular weight is 872 g/mol. The molecule has 8 rings (SSSR count). The second-order valence-corrected chi connectivity index (χ2v) is 31.1. The van der Waals surface area contributed by atoms with Crippen molar-refractivity contribution in [2.45, 2.75) is 79.1 Å². The van der Waals surface area contributed by atoms with E-state index in [1.165, 1.54) is 68.4 Å². The Morgan fingerprint density at radius 3 is 1.67 bits per heavy atom. The summed E-state index contributed by atoms with van der Waals surface area (Å²) >= 11 is 9.10. The van der Waals surface area contributed by atoms with E-state index in [4.69, 9.17) is 27.4 Å². The topological polar surface area (TPSA) is 0 Å². The zero-order chi connectivity index (χ0) is 37.0. The van der Waals surface area contributed by atoms with Crippen LogP contribution in [-0.4, -0.2) is 4.21 Å². The van der Waals surface area contributed by atoms with E-state index in [9.17, 15) is 0 Å². The zero-order valence-electron chi connectivity index (χ0n) is 32.6. The number of rotatable bonds is 4. The molecule has 2 aliphatic rings. The van der Waals surface area contributed by atoms with E-state index in [0.717, 1.165) is 33.7 Å². The number of benzene rings is 6. The second kappa shape index (κ2) is 14.0. The van der Waals surface area contributed by atoms with Gasteiger partial charge in [0.1, 0.15) is 0 Å². The molecule has 0 aliphatic heterocycles. The quantitative estimate of drug-likeness (QED) is 0.165. The Morgan fingerprint density at radius 2 is 1.17 bits per heavy atom. The van der Waals surface area contributed by atoms with Crippen molar-refractivity contribution in [3.63, 3.8) is 0 Å². The van der Waals surface area contributed by atoms with Crippen LogP contribution < -0.4 is 9.81 Å². The molecule has 0 fully saturated rings. The maximum absolute atomic E-state index is 7.28. The standard InChI is InChI=1S/C23H29.2C10H6Cl.C5H5.CH2.2ClH.Zr/c1-14-9-16-11-17-10-15(2)21(23(6,7)8)13-19(17)18(16)12-20(14)22(3,4)5;2*11-10-6-5-8-3-1-2-4-9(8)7-10;1-2-4-5-3-1;;;;/h9,12-13H,11H2,1-8H3;2*1-4,6-7H;1-3H,4H2;1H2;2*1H;. The monoisotopic (exact) mass is 868 g/mol. The van der Waals surface area contributed by atoms with Gasteiger partial charge in [-0.1, -0.05) is 0 Å². The van der Waals surface area contributed by atoms with Gasteiger partial charge in [0, 0.05) is 0 Å². The van der Waals surface area contributed by atoms with Crippen molar-refractivity contribution in [3.8, 4) is 11.1 Å². The summed E-state index contributed by atoms with van der Waals surface area (Å²) in [5, 5.41) is 6.21. The van der Waals surface area contributed by atoms with Crippen LogP contribution in [-0.2, 0) is 35.5 Å². The molecule has 0 heterocycles. The predicted octanol–water partition coefficient (Wildman–Crippen LogP) is 13.2. The number of hydrogen-bond donors (Lipinski definition) is 0. The molecule has 2 aliphatic carbocycles. The minimum atomic E-state index is -5.46. The molecule has 0 saturated carbocycles. The molecule has 0 spiro atoms. The van der Waals surface area contributed by atoms with Gasteiger partial charge < -0.3 is 0 Å². The molecule has 0 saturated heterocycles. The number of allylic oxidation sites excluding steroid dienone is 4. The molecule has 0 aromatic heterocycles. The van der Waals surface area contributed by atoms with Gasteiger partial charge in [-0.25, -0.2) is 0 Å². The molecule has 54 heavy (non-hydrogen) atoms. The Labute approximate surface area is 345 Å². The number of fused-ring (bicyclic) bond motifs is 5. The summed E-state index contributed by atoms with van der Waals surface area (Å²) < 4.78 is 11.4. The first-order valence-electron chi connectivity index (χ1n) is 18.6. The van der Waals surface area contributed by atoms with Crippen molar-refractivity contribution in [2.75, 3.05) is 0 Å². The first-order chi connectivity index (χ1) is 24.5. The third-order valence-electron chi connectivity index (χ3n) is 12.3. The molecule has 0 unspecified atom stereocenters. The summed E-state index contributed by atoms with van der Waals surface area (Å²) in [6.45, 7) is 18.8. The van der Waals surface area contributed by atoms with Gasteiger partial charge in [0.15, 0.2) is 0 Å². The SMILES string of the molecule is Cl.Cl.[CH2]=[Zr]([C]1=CC=CC1)([c]1c(C)c(C(C)(C)C)cc2c1Cc1cc(C)c(C(C)(C)C)cc1-2)([c]1cc(Cl)cc2ccccc12)[c]1cc(Cl)cc2ccccc12. The summed E-state index contributed by atoms with van der Waals surface area (Å²) in [4.78, 5) is 0. The molecule has 6 aromatic carbocycles. The molecule has 5 heteroatoms. The fraction of sp³-hybridized carbons (Fsp3) is 0.245. The van der Waals surface area contributed by atoms with E-state index >= 15 is 0 Å². The summed E-state index contributed by atoms with van der Waals surface area (Å²) in [5.41, 5.74) is 11.0. The van der Waals surface area contributed by atoms with E-state index < -0.39 is 18.3 Å². The van der Waals surface area contributed by atoms with E-state index in [-0.39, 0.29) is 35.6 Å². The fourth-order valence-electron chi connectivity index (χ4n) is 10.2. The van der Waals surface area contributed by atoms with Crippen molar-refractivity contribution in [1.29, 1.82) is 0 Å². The van der Waals surface area contributed by atoms with Crippen molar-refractivity contribution in [3.05, 3.63) is 156 Å². The Bertz CT molecular complexity index is 2550. The Morgan fingerprint density at radius 1 is 0.648 bits per heavy atom. The Hall–Kier alpha value is -2.77. The maximum atomic E-state index is 7.28. The van der Waals surface area contributed by atoms with Gasteiger partial charge in [0.05, 0.1) is 0 Å². The van der Waals surface area contributed by atoms with E-state index in [1.54, 1.807) is 0 Å². The molecule has 0 bridgehead atoms. The number of halogens is 4. The summed E-state index contributed by atoms with van der Waals surface area (Å²) in [5.74, 6) is 0. The van der Waals surface area contributed by atoms with Gasteiger partial charge in [0.2, 0.25) is 0 Å². The van der Waals surface area contributed by atoms with Crippen LogP contribution in [0.2, 0.25) is 10.0 Å². The minimum absolute atomic E-state index is 0. The first kappa shape index (κ1) is 40.9. The van der Waals surface area contributed by atoms with Gasteiger partial charge in [-0.2, -0.15) is 0 Å². The van der Waals surface area contributed by atoms with Crippen molar-refractivity contribution in [1.82, 2.24) is 0 Å². The third-order valence-corrected chi connectivity index (χ3v) is 29.4. The predicted molar refractivity (Wildman–Crippen MR) is 242 cm³/mol. The molecule has 0 N–H and O–H groups in total. The van der Waals surface area contributed by atoms with Crippen LogP contribution in [0.5, 0.6) is 0 Å². The molecule has 6 aromatic rings.